The molecule has 4 heteroatoms. The lowest BCUT2D eigenvalue weighted by Gasteiger charge is -2.19. The van der Waals surface area contributed by atoms with Crippen LogP contribution in [0.15, 0.2) is 0 Å². The molecule has 0 aromatic rings. The summed E-state index contributed by atoms with van der Waals surface area (Å²) >= 11 is 0. The van der Waals surface area contributed by atoms with Gasteiger partial charge in [0.05, 0.1) is 0 Å². The van der Waals surface area contributed by atoms with Crippen LogP contribution in [0.2, 0.25) is 0 Å². The van der Waals surface area contributed by atoms with E-state index in [4.69, 9.17) is 9.47 Å². The summed E-state index contributed by atoms with van der Waals surface area (Å²) in [6.07, 6.45) is 14.0. The smallest absolute Gasteiger partial charge is 0.417 e. The van der Waals surface area contributed by atoms with Gasteiger partial charge in [0.2, 0.25) is 0 Å². The summed E-state index contributed by atoms with van der Waals surface area (Å²) in [6.45, 7) is 8.49. The second kappa shape index (κ2) is 17.4. The first-order chi connectivity index (χ1) is 12.6. The Bertz CT molecular complexity index is 320. The van der Waals surface area contributed by atoms with Crippen molar-refractivity contribution in [1.82, 2.24) is 0 Å². The topological polar surface area (TPSA) is 52.6 Å². The van der Waals surface area contributed by atoms with E-state index >= 15 is 0 Å². The highest BCUT2D eigenvalue weighted by Gasteiger charge is 2.25. The average molecular weight is 371 g/mol. The number of hydrogen-bond donors (Lipinski definition) is 0. The Labute approximate surface area is 161 Å². The van der Waals surface area contributed by atoms with E-state index in [2.05, 4.69) is 27.7 Å². The van der Waals surface area contributed by atoms with Gasteiger partial charge >= 0.3 is 11.9 Å². The van der Waals surface area contributed by atoms with Crippen molar-refractivity contribution < 1.29 is 19.1 Å². The zero-order valence-electron chi connectivity index (χ0n) is 17.7. The molecule has 0 spiro atoms. The van der Waals surface area contributed by atoms with Gasteiger partial charge < -0.3 is 9.47 Å². The van der Waals surface area contributed by atoms with E-state index in [0.717, 1.165) is 64.2 Å². The molecular formula is C22H42O4. The number of ether oxygens (including phenoxy) is 2. The molecule has 2 unspecified atom stereocenters. The third-order valence-electron chi connectivity index (χ3n) is 4.69. The van der Waals surface area contributed by atoms with Crippen molar-refractivity contribution in [2.45, 2.75) is 130 Å². The summed E-state index contributed by atoms with van der Waals surface area (Å²) < 4.78 is 10.9. The zero-order valence-corrected chi connectivity index (χ0v) is 17.7. The molecule has 0 aromatic carbocycles. The van der Waals surface area contributed by atoms with Gasteiger partial charge in [-0.3, -0.25) is 0 Å². The Hall–Kier alpha value is -1.06. The van der Waals surface area contributed by atoms with Gasteiger partial charge in [0.15, 0.2) is 0 Å². The number of unbranched alkanes of at least 4 members (excludes halogenated alkanes) is 6. The van der Waals surface area contributed by atoms with Gasteiger partial charge in [-0.15, -0.1) is 0 Å². The fourth-order valence-corrected chi connectivity index (χ4v) is 3.16. The van der Waals surface area contributed by atoms with Crippen molar-refractivity contribution in [3.8, 4) is 0 Å². The molecule has 0 saturated heterocycles. The maximum atomic E-state index is 12.1. The third kappa shape index (κ3) is 13.2. The second-order valence-electron chi connectivity index (χ2n) is 7.33. The zero-order chi connectivity index (χ0) is 19.6. The molecule has 0 rings (SSSR count). The molecule has 0 aromatic heterocycles. The summed E-state index contributed by atoms with van der Waals surface area (Å²) in [4.78, 5) is 24.3. The molecule has 4 nitrogen and oxygen atoms in total. The Morgan fingerprint density at radius 1 is 0.538 bits per heavy atom. The minimum absolute atomic E-state index is 0.161. The van der Waals surface area contributed by atoms with Gasteiger partial charge in [-0.2, -0.15) is 0 Å². The predicted octanol–water partition coefficient (Wildman–Crippen LogP) is 6.35. The molecule has 0 heterocycles. The quantitative estimate of drug-likeness (QED) is 0.180. The number of carbonyl (C=O) groups is 2. The first-order valence-electron chi connectivity index (χ1n) is 11.0. The van der Waals surface area contributed by atoms with Crippen LogP contribution < -0.4 is 0 Å². The highest BCUT2D eigenvalue weighted by molar-refractivity contribution is 6.29. The van der Waals surface area contributed by atoms with Gasteiger partial charge in [0.25, 0.3) is 0 Å². The maximum absolute atomic E-state index is 12.1. The normalized spacial score (nSPS) is 13.2. The number of esters is 2. The molecule has 0 fully saturated rings. The lowest BCUT2D eigenvalue weighted by atomic mass is 10.1. The SMILES string of the molecule is CCCCCCC(CCC)OC(=O)C(=O)OC(CCC)CCCCCC. The van der Waals surface area contributed by atoms with Gasteiger partial charge in [-0.05, 0) is 38.5 Å². The molecule has 0 aliphatic carbocycles. The van der Waals surface area contributed by atoms with Crippen LogP contribution in [0.4, 0.5) is 0 Å². The van der Waals surface area contributed by atoms with E-state index in [0.29, 0.717) is 0 Å². The summed E-state index contributed by atoms with van der Waals surface area (Å²) in [5, 5.41) is 0. The molecule has 0 amide bonds. The van der Waals surface area contributed by atoms with E-state index in [1.54, 1.807) is 0 Å². The van der Waals surface area contributed by atoms with Gasteiger partial charge in [-0.1, -0.05) is 79.1 Å². The van der Waals surface area contributed by atoms with Crippen LogP contribution in [0.5, 0.6) is 0 Å². The second-order valence-corrected chi connectivity index (χ2v) is 7.33. The first-order valence-corrected chi connectivity index (χ1v) is 11.0. The van der Waals surface area contributed by atoms with Gasteiger partial charge in [0.1, 0.15) is 12.2 Å². The van der Waals surface area contributed by atoms with Crippen LogP contribution in [0.1, 0.15) is 118 Å². The number of carbonyl (C=O) groups excluding carboxylic acids is 2. The lowest BCUT2D eigenvalue weighted by molar-refractivity contribution is -0.175. The molecule has 0 aliphatic heterocycles. The Kier molecular flexibility index (Phi) is 16.7. The first kappa shape index (κ1) is 24.9. The van der Waals surface area contributed by atoms with Crippen LogP contribution in [0.25, 0.3) is 0 Å². The fourth-order valence-electron chi connectivity index (χ4n) is 3.16. The lowest BCUT2D eigenvalue weighted by Crippen LogP contribution is -2.29. The highest BCUT2D eigenvalue weighted by Crippen LogP contribution is 2.16. The number of hydrogen-bond acceptors (Lipinski definition) is 4. The third-order valence-corrected chi connectivity index (χ3v) is 4.69. The van der Waals surface area contributed by atoms with E-state index in [1.807, 2.05) is 0 Å². The minimum atomic E-state index is -0.811. The summed E-state index contributed by atoms with van der Waals surface area (Å²) in [5.74, 6) is -1.62. The average Bonchev–Trinajstić information content (AvgIpc) is 2.62. The Morgan fingerprint density at radius 2 is 0.923 bits per heavy atom. The van der Waals surface area contributed by atoms with Crippen molar-refractivity contribution in [2.75, 3.05) is 0 Å². The Morgan fingerprint density at radius 3 is 1.23 bits per heavy atom. The van der Waals surface area contributed by atoms with E-state index in [9.17, 15) is 9.59 Å². The molecule has 0 saturated carbocycles. The predicted molar refractivity (Wildman–Crippen MR) is 107 cm³/mol. The fraction of sp³-hybridized carbons (Fsp3) is 0.909. The summed E-state index contributed by atoms with van der Waals surface area (Å²) in [5.41, 5.74) is 0. The number of rotatable bonds is 16. The summed E-state index contributed by atoms with van der Waals surface area (Å²) in [7, 11) is 0. The van der Waals surface area contributed by atoms with Crippen molar-refractivity contribution >= 4 is 11.9 Å². The standard InChI is InChI=1S/C22H42O4/c1-5-9-11-13-17-19(15-7-3)25-21(23)22(24)26-20(16-8-4)18-14-12-10-6-2/h19-20H,5-18H2,1-4H3. The molecule has 154 valence electrons. The molecule has 0 N–H and O–H groups in total. The molecule has 2 atom stereocenters. The molecule has 0 aliphatic rings. The maximum Gasteiger partial charge on any atom is 0.417 e. The van der Waals surface area contributed by atoms with Crippen molar-refractivity contribution in [1.29, 1.82) is 0 Å². The van der Waals surface area contributed by atoms with Crippen LogP contribution >= 0.6 is 0 Å². The van der Waals surface area contributed by atoms with E-state index < -0.39 is 11.9 Å². The minimum Gasteiger partial charge on any atom is -0.454 e. The molecular weight excluding hydrogens is 328 g/mol. The van der Waals surface area contributed by atoms with Crippen LogP contribution in [0.3, 0.4) is 0 Å². The highest BCUT2D eigenvalue weighted by atomic mass is 16.6. The van der Waals surface area contributed by atoms with Gasteiger partial charge in [-0.25, -0.2) is 9.59 Å². The van der Waals surface area contributed by atoms with Crippen molar-refractivity contribution in [3.05, 3.63) is 0 Å². The van der Waals surface area contributed by atoms with E-state index in [1.165, 1.54) is 25.7 Å². The van der Waals surface area contributed by atoms with E-state index in [-0.39, 0.29) is 12.2 Å². The molecule has 0 radical (unpaired) electrons. The monoisotopic (exact) mass is 370 g/mol. The van der Waals surface area contributed by atoms with Crippen LogP contribution in [-0.4, -0.2) is 24.1 Å². The Balaban J connectivity index is 4.36. The molecule has 26 heavy (non-hydrogen) atoms. The largest absolute Gasteiger partial charge is 0.454 e. The van der Waals surface area contributed by atoms with Crippen LogP contribution in [-0.2, 0) is 19.1 Å². The van der Waals surface area contributed by atoms with Crippen molar-refractivity contribution in [2.24, 2.45) is 0 Å². The summed E-state index contributed by atoms with van der Waals surface area (Å²) in [6, 6.07) is 0. The molecule has 0 bridgehead atoms. The van der Waals surface area contributed by atoms with Crippen molar-refractivity contribution in [3.63, 3.8) is 0 Å². The van der Waals surface area contributed by atoms with Gasteiger partial charge in [0, 0.05) is 0 Å². The van der Waals surface area contributed by atoms with Crippen LogP contribution in [0, 0.1) is 0 Å².